The lowest BCUT2D eigenvalue weighted by Gasteiger charge is -2.38. The number of guanidine groups is 1. The summed E-state index contributed by atoms with van der Waals surface area (Å²) < 4.78 is 0. The van der Waals surface area contributed by atoms with E-state index in [9.17, 15) is 4.79 Å². The molecule has 1 amide bonds. The van der Waals surface area contributed by atoms with Crippen LogP contribution in [0.15, 0.2) is 47.5 Å². The van der Waals surface area contributed by atoms with Crippen molar-refractivity contribution in [3.8, 4) is 0 Å². The van der Waals surface area contributed by atoms with Crippen LogP contribution in [-0.4, -0.2) is 56.5 Å². The van der Waals surface area contributed by atoms with Crippen LogP contribution in [0.1, 0.15) is 34.0 Å². The third kappa shape index (κ3) is 6.35. The fourth-order valence-electron chi connectivity index (χ4n) is 3.78. The van der Waals surface area contributed by atoms with E-state index in [0.29, 0.717) is 12.1 Å². The number of aryl methyl sites for hydroxylation is 1. The van der Waals surface area contributed by atoms with Crippen LogP contribution in [0.3, 0.4) is 0 Å². The maximum atomic E-state index is 11.9. The lowest BCUT2D eigenvalue weighted by atomic mass is 10.1. The zero-order valence-corrected chi connectivity index (χ0v) is 21.3. The molecule has 1 heterocycles. The summed E-state index contributed by atoms with van der Waals surface area (Å²) in [5.41, 5.74) is 5.73. The Morgan fingerprint density at radius 1 is 1.06 bits per heavy atom. The fraction of sp³-hybridized carbons (Fsp3) is 0.417. The highest BCUT2D eigenvalue weighted by atomic mass is 127. The van der Waals surface area contributed by atoms with E-state index in [4.69, 9.17) is 4.99 Å². The average molecular weight is 535 g/mol. The van der Waals surface area contributed by atoms with Gasteiger partial charge < -0.3 is 20.4 Å². The number of hydrogen-bond acceptors (Lipinski definition) is 3. The molecular weight excluding hydrogens is 501 g/mol. The fourth-order valence-corrected chi connectivity index (χ4v) is 3.78. The quantitative estimate of drug-likeness (QED) is 0.349. The second kappa shape index (κ2) is 11.9. The predicted octanol–water partition coefficient (Wildman–Crippen LogP) is 3.57. The lowest BCUT2D eigenvalue weighted by molar-refractivity contribution is 0.0963. The van der Waals surface area contributed by atoms with Crippen molar-refractivity contribution in [3.63, 3.8) is 0 Å². The Labute approximate surface area is 203 Å². The number of nitrogens with one attached hydrogen (secondary N) is 2. The van der Waals surface area contributed by atoms with Crippen molar-refractivity contribution in [2.24, 2.45) is 4.99 Å². The number of nitrogens with zero attached hydrogens (tertiary/aromatic N) is 3. The lowest BCUT2D eigenvalue weighted by Crippen LogP contribution is -2.52. The normalized spacial score (nSPS) is 14.1. The molecule has 0 bridgehead atoms. The molecule has 0 aliphatic carbocycles. The molecule has 6 nitrogen and oxygen atoms in total. The van der Waals surface area contributed by atoms with Crippen molar-refractivity contribution in [1.29, 1.82) is 0 Å². The molecule has 2 N–H and O–H groups in total. The Kier molecular flexibility index (Phi) is 9.61. The second-order valence-corrected chi connectivity index (χ2v) is 7.64. The first-order valence-corrected chi connectivity index (χ1v) is 10.7. The van der Waals surface area contributed by atoms with E-state index in [2.05, 4.69) is 59.4 Å². The van der Waals surface area contributed by atoms with Crippen molar-refractivity contribution in [3.05, 3.63) is 64.7 Å². The van der Waals surface area contributed by atoms with Gasteiger partial charge in [-0.05, 0) is 55.7 Å². The predicted molar refractivity (Wildman–Crippen MR) is 140 cm³/mol. The third-order valence-corrected chi connectivity index (χ3v) is 5.66. The van der Waals surface area contributed by atoms with Gasteiger partial charge in [-0.2, -0.15) is 0 Å². The number of amides is 1. The van der Waals surface area contributed by atoms with Gasteiger partial charge in [-0.3, -0.25) is 4.79 Å². The number of carbonyl (C=O) groups excluding carboxylic acids is 1. The molecule has 2 aromatic rings. The number of carbonyl (C=O) groups is 1. The minimum atomic E-state index is -0.0738. The van der Waals surface area contributed by atoms with E-state index in [1.54, 1.807) is 7.05 Å². The maximum Gasteiger partial charge on any atom is 0.251 e. The summed E-state index contributed by atoms with van der Waals surface area (Å²) in [6.45, 7) is 11.6. The van der Waals surface area contributed by atoms with Crippen molar-refractivity contribution >= 4 is 41.5 Å². The SMILES string of the molecule is CCNC(=NCc1cccc(C(=O)NC)c1)N1CCN(c2cccc(C)c2C)CC1.I. The summed E-state index contributed by atoms with van der Waals surface area (Å²) in [7, 11) is 1.65. The van der Waals surface area contributed by atoms with E-state index in [0.717, 1.165) is 44.2 Å². The van der Waals surface area contributed by atoms with E-state index in [1.165, 1.54) is 16.8 Å². The molecule has 1 saturated heterocycles. The molecule has 1 fully saturated rings. The zero-order chi connectivity index (χ0) is 21.5. The van der Waals surface area contributed by atoms with Gasteiger partial charge in [0.1, 0.15) is 0 Å². The molecular formula is C24H34IN5O. The van der Waals surface area contributed by atoms with Crippen molar-refractivity contribution in [2.75, 3.05) is 44.7 Å². The number of aliphatic imine (C=N–C) groups is 1. The van der Waals surface area contributed by atoms with Crippen LogP contribution >= 0.6 is 24.0 Å². The van der Waals surface area contributed by atoms with Gasteiger partial charge in [0.05, 0.1) is 6.54 Å². The van der Waals surface area contributed by atoms with Crippen LogP contribution in [0, 0.1) is 13.8 Å². The molecule has 0 unspecified atom stereocenters. The van der Waals surface area contributed by atoms with Gasteiger partial charge in [0.25, 0.3) is 5.91 Å². The topological polar surface area (TPSA) is 60.0 Å². The summed E-state index contributed by atoms with van der Waals surface area (Å²) in [5.74, 6) is 0.860. The van der Waals surface area contributed by atoms with Gasteiger partial charge in [-0.25, -0.2) is 4.99 Å². The summed E-state index contributed by atoms with van der Waals surface area (Å²) in [5, 5.41) is 6.09. The Bertz CT molecular complexity index is 907. The standard InChI is InChI=1S/C24H33N5O.HI/c1-5-26-24(27-17-20-9-7-10-21(16-20)23(30)25-4)29-14-12-28(13-15-29)22-11-6-8-18(2)19(22)3;/h6-11,16H,5,12-15,17H2,1-4H3,(H,25,30)(H,26,27);1H. The summed E-state index contributed by atoms with van der Waals surface area (Å²) in [4.78, 5) is 21.5. The number of piperazine rings is 1. The largest absolute Gasteiger partial charge is 0.368 e. The van der Waals surface area contributed by atoms with Crippen LogP contribution in [0.25, 0.3) is 0 Å². The first-order chi connectivity index (χ1) is 14.5. The Hall–Kier alpha value is -2.29. The Morgan fingerprint density at radius 2 is 1.77 bits per heavy atom. The van der Waals surface area contributed by atoms with Gasteiger partial charge in [-0.1, -0.05) is 24.3 Å². The first kappa shape index (κ1) is 25.0. The van der Waals surface area contributed by atoms with E-state index in [-0.39, 0.29) is 29.9 Å². The minimum absolute atomic E-state index is 0. The number of benzene rings is 2. The highest BCUT2D eigenvalue weighted by Crippen LogP contribution is 2.23. The Balaban J connectivity index is 0.00000341. The third-order valence-electron chi connectivity index (χ3n) is 5.66. The van der Waals surface area contributed by atoms with Crippen molar-refractivity contribution < 1.29 is 4.79 Å². The van der Waals surface area contributed by atoms with Crippen LogP contribution in [-0.2, 0) is 6.54 Å². The van der Waals surface area contributed by atoms with Crippen LogP contribution in [0.4, 0.5) is 5.69 Å². The van der Waals surface area contributed by atoms with Gasteiger partial charge >= 0.3 is 0 Å². The van der Waals surface area contributed by atoms with Crippen molar-refractivity contribution in [2.45, 2.75) is 27.3 Å². The molecule has 168 valence electrons. The first-order valence-electron chi connectivity index (χ1n) is 10.7. The van der Waals surface area contributed by atoms with Gasteiger partial charge in [0.15, 0.2) is 5.96 Å². The molecule has 0 spiro atoms. The van der Waals surface area contributed by atoms with Crippen LogP contribution in [0.2, 0.25) is 0 Å². The monoisotopic (exact) mass is 535 g/mol. The average Bonchev–Trinajstić information content (AvgIpc) is 2.78. The maximum absolute atomic E-state index is 11.9. The molecule has 0 aromatic heterocycles. The molecule has 7 heteroatoms. The van der Waals surface area contributed by atoms with E-state index < -0.39 is 0 Å². The minimum Gasteiger partial charge on any atom is -0.368 e. The van der Waals surface area contributed by atoms with Crippen molar-refractivity contribution in [1.82, 2.24) is 15.5 Å². The number of hydrogen-bond donors (Lipinski definition) is 2. The van der Waals surface area contributed by atoms with Gasteiger partial charge in [0, 0.05) is 51.0 Å². The molecule has 0 radical (unpaired) electrons. The molecule has 0 saturated carbocycles. The van der Waals surface area contributed by atoms with E-state index >= 15 is 0 Å². The highest BCUT2D eigenvalue weighted by Gasteiger charge is 2.21. The second-order valence-electron chi connectivity index (χ2n) is 7.64. The molecule has 2 aromatic carbocycles. The Morgan fingerprint density at radius 3 is 2.45 bits per heavy atom. The number of halogens is 1. The molecule has 1 aliphatic rings. The molecule has 31 heavy (non-hydrogen) atoms. The number of anilines is 1. The molecule has 3 rings (SSSR count). The molecule has 0 atom stereocenters. The summed E-state index contributed by atoms with van der Waals surface area (Å²) >= 11 is 0. The smallest absolute Gasteiger partial charge is 0.251 e. The van der Waals surface area contributed by atoms with E-state index in [1.807, 2.05) is 24.3 Å². The summed E-state index contributed by atoms with van der Waals surface area (Å²) in [6, 6.07) is 14.2. The highest BCUT2D eigenvalue weighted by molar-refractivity contribution is 14.0. The van der Waals surface area contributed by atoms with Crippen LogP contribution in [0.5, 0.6) is 0 Å². The number of rotatable bonds is 5. The van der Waals surface area contributed by atoms with Crippen LogP contribution < -0.4 is 15.5 Å². The summed E-state index contributed by atoms with van der Waals surface area (Å²) in [6.07, 6.45) is 0. The zero-order valence-electron chi connectivity index (χ0n) is 18.9. The molecule has 1 aliphatic heterocycles. The van der Waals surface area contributed by atoms with Gasteiger partial charge in [0.2, 0.25) is 0 Å². The van der Waals surface area contributed by atoms with Gasteiger partial charge in [-0.15, -0.1) is 24.0 Å².